The molecule has 0 aromatic heterocycles. The van der Waals surface area contributed by atoms with Crippen molar-refractivity contribution in [3.8, 4) is 0 Å². The van der Waals surface area contributed by atoms with Gasteiger partial charge in [-0.05, 0) is 29.8 Å². The number of amides is 1. The van der Waals surface area contributed by atoms with Gasteiger partial charge in [0.1, 0.15) is 0 Å². The zero-order valence-electron chi connectivity index (χ0n) is 11.1. The summed E-state index contributed by atoms with van der Waals surface area (Å²) < 4.78 is 0. The Morgan fingerprint density at radius 2 is 1.75 bits per heavy atom. The minimum atomic E-state index is 0.147. The molecule has 1 saturated carbocycles. The van der Waals surface area contributed by atoms with E-state index in [1.54, 1.807) is 0 Å². The predicted molar refractivity (Wildman–Crippen MR) is 65.0 cm³/mol. The number of carbonyl (C=O) groups is 1. The van der Waals surface area contributed by atoms with Crippen LogP contribution in [0.2, 0.25) is 0 Å². The third-order valence-electron chi connectivity index (χ3n) is 5.24. The van der Waals surface area contributed by atoms with Crippen LogP contribution in [-0.2, 0) is 4.79 Å². The Hall–Kier alpha value is -0.570. The van der Waals surface area contributed by atoms with Crippen LogP contribution in [0.25, 0.3) is 0 Å². The van der Waals surface area contributed by atoms with Gasteiger partial charge in [-0.15, -0.1) is 0 Å². The maximum absolute atomic E-state index is 12.1. The standard InChI is InChI=1S/C13H24N2O/c1-8(9-6-14-7-9)10(16)15-11-12(2,3)13(11,4)5/h8-9,11,14H,6-7H2,1-5H3,(H,15,16). The van der Waals surface area contributed by atoms with Gasteiger partial charge in [0.05, 0.1) is 0 Å². The van der Waals surface area contributed by atoms with Crippen LogP contribution in [0, 0.1) is 22.7 Å². The molecule has 2 N–H and O–H groups in total. The summed E-state index contributed by atoms with van der Waals surface area (Å²) in [4.78, 5) is 12.1. The molecule has 0 radical (unpaired) electrons. The van der Waals surface area contributed by atoms with E-state index in [0.29, 0.717) is 12.0 Å². The van der Waals surface area contributed by atoms with Crippen LogP contribution in [0.4, 0.5) is 0 Å². The first-order valence-corrected chi connectivity index (χ1v) is 6.29. The van der Waals surface area contributed by atoms with E-state index >= 15 is 0 Å². The van der Waals surface area contributed by atoms with Gasteiger partial charge in [0.2, 0.25) is 5.91 Å². The van der Waals surface area contributed by atoms with E-state index in [9.17, 15) is 4.79 Å². The summed E-state index contributed by atoms with van der Waals surface area (Å²) in [5, 5.41) is 6.44. The van der Waals surface area contributed by atoms with Crippen molar-refractivity contribution in [2.75, 3.05) is 13.1 Å². The molecule has 3 heteroatoms. The summed E-state index contributed by atoms with van der Waals surface area (Å²) in [6.07, 6.45) is 0. The highest BCUT2D eigenvalue weighted by molar-refractivity contribution is 5.79. The normalized spacial score (nSPS) is 29.3. The van der Waals surface area contributed by atoms with Crippen molar-refractivity contribution >= 4 is 5.91 Å². The lowest BCUT2D eigenvalue weighted by Gasteiger charge is -2.32. The van der Waals surface area contributed by atoms with Crippen molar-refractivity contribution in [2.45, 2.75) is 40.7 Å². The van der Waals surface area contributed by atoms with Crippen molar-refractivity contribution in [2.24, 2.45) is 22.7 Å². The van der Waals surface area contributed by atoms with Gasteiger partial charge in [-0.3, -0.25) is 4.79 Å². The van der Waals surface area contributed by atoms with E-state index in [2.05, 4.69) is 38.3 Å². The molecular formula is C13H24N2O. The average molecular weight is 224 g/mol. The molecule has 2 rings (SSSR count). The van der Waals surface area contributed by atoms with Crippen LogP contribution in [0.15, 0.2) is 0 Å². The summed E-state index contributed by atoms with van der Waals surface area (Å²) in [7, 11) is 0. The van der Waals surface area contributed by atoms with E-state index in [4.69, 9.17) is 0 Å². The molecule has 1 saturated heterocycles. The van der Waals surface area contributed by atoms with Gasteiger partial charge in [-0.1, -0.05) is 34.6 Å². The fourth-order valence-electron chi connectivity index (χ4n) is 2.71. The molecule has 0 aromatic rings. The van der Waals surface area contributed by atoms with Gasteiger partial charge in [0.25, 0.3) is 0 Å². The van der Waals surface area contributed by atoms with Crippen molar-refractivity contribution < 1.29 is 4.79 Å². The van der Waals surface area contributed by atoms with Gasteiger partial charge >= 0.3 is 0 Å². The topological polar surface area (TPSA) is 41.1 Å². The Labute approximate surface area is 98.4 Å². The van der Waals surface area contributed by atoms with Gasteiger partial charge in [0.15, 0.2) is 0 Å². The van der Waals surface area contributed by atoms with Gasteiger partial charge < -0.3 is 10.6 Å². The van der Waals surface area contributed by atoms with Crippen molar-refractivity contribution in [1.82, 2.24) is 10.6 Å². The van der Waals surface area contributed by atoms with Crippen LogP contribution >= 0.6 is 0 Å². The first-order valence-electron chi connectivity index (χ1n) is 6.29. The fourth-order valence-corrected chi connectivity index (χ4v) is 2.71. The second kappa shape index (κ2) is 3.46. The first-order chi connectivity index (χ1) is 7.28. The maximum atomic E-state index is 12.1. The third-order valence-corrected chi connectivity index (χ3v) is 5.24. The molecule has 1 unspecified atom stereocenters. The molecule has 1 aliphatic heterocycles. The average Bonchev–Trinajstić information content (AvgIpc) is 2.44. The first kappa shape index (κ1) is 11.9. The maximum Gasteiger partial charge on any atom is 0.223 e. The quantitative estimate of drug-likeness (QED) is 0.760. The van der Waals surface area contributed by atoms with Crippen LogP contribution in [0.1, 0.15) is 34.6 Å². The lowest BCUT2D eigenvalue weighted by molar-refractivity contribution is -0.127. The SMILES string of the molecule is CC(C(=O)NC1C(C)(C)C1(C)C)C1CNC1. The van der Waals surface area contributed by atoms with Crippen molar-refractivity contribution in [3.05, 3.63) is 0 Å². The Morgan fingerprint density at radius 3 is 2.06 bits per heavy atom. The van der Waals surface area contributed by atoms with Gasteiger partial charge in [0, 0.05) is 12.0 Å². The van der Waals surface area contributed by atoms with E-state index in [1.807, 2.05) is 6.92 Å². The molecular weight excluding hydrogens is 200 g/mol. The molecule has 0 bridgehead atoms. The Morgan fingerprint density at radius 1 is 1.25 bits per heavy atom. The van der Waals surface area contributed by atoms with Crippen LogP contribution in [-0.4, -0.2) is 25.0 Å². The molecule has 0 spiro atoms. The van der Waals surface area contributed by atoms with Crippen LogP contribution in [0.3, 0.4) is 0 Å². The minimum Gasteiger partial charge on any atom is -0.352 e. The zero-order valence-corrected chi connectivity index (χ0v) is 11.1. The highest BCUT2D eigenvalue weighted by Crippen LogP contribution is 2.62. The van der Waals surface area contributed by atoms with E-state index < -0.39 is 0 Å². The summed E-state index contributed by atoms with van der Waals surface area (Å²) >= 11 is 0. The van der Waals surface area contributed by atoms with E-state index in [0.717, 1.165) is 13.1 Å². The molecule has 92 valence electrons. The van der Waals surface area contributed by atoms with E-state index in [1.165, 1.54) is 0 Å². The molecule has 1 atom stereocenters. The number of hydrogen-bond donors (Lipinski definition) is 2. The zero-order chi connectivity index (χ0) is 12.1. The van der Waals surface area contributed by atoms with Crippen LogP contribution in [0.5, 0.6) is 0 Å². The molecule has 2 fully saturated rings. The molecule has 16 heavy (non-hydrogen) atoms. The monoisotopic (exact) mass is 224 g/mol. The van der Waals surface area contributed by atoms with E-state index in [-0.39, 0.29) is 22.7 Å². The smallest absolute Gasteiger partial charge is 0.223 e. The number of carbonyl (C=O) groups excluding carboxylic acids is 1. The Kier molecular flexibility index (Phi) is 2.57. The second-order valence-corrected chi connectivity index (χ2v) is 6.59. The number of nitrogens with one attached hydrogen (secondary N) is 2. The molecule has 1 heterocycles. The summed E-state index contributed by atoms with van der Waals surface area (Å²) in [6, 6.07) is 0.336. The van der Waals surface area contributed by atoms with Crippen molar-refractivity contribution in [3.63, 3.8) is 0 Å². The highest BCUT2D eigenvalue weighted by Gasteiger charge is 2.65. The minimum absolute atomic E-state index is 0.147. The number of rotatable bonds is 3. The number of hydrogen-bond acceptors (Lipinski definition) is 2. The van der Waals surface area contributed by atoms with Gasteiger partial charge in [-0.2, -0.15) is 0 Å². The second-order valence-electron chi connectivity index (χ2n) is 6.59. The molecule has 0 aromatic carbocycles. The Bertz CT molecular complexity index is 291. The highest BCUT2D eigenvalue weighted by atomic mass is 16.2. The summed E-state index contributed by atoms with van der Waals surface area (Å²) in [5.41, 5.74) is 0.473. The lowest BCUT2D eigenvalue weighted by Crippen LogP contribution is -2.50. The molecule has 2 aliphatic rings. The molecule has 3 nitrogen and oxygen atoms in total. The fraction of sp³-hybridized carbons (Fsp3) is 0.923. The molecule has 1 amide bonds. The molecule has 1 aliphatic carbocycles. The van der Waals surface area contributed by atoms with Crippen LogP contribution < -0.4 is 10.6 Å². The predicted octanol–water partition coefficient (Wildman–Crippen LogP) is 1.39. The van der Waals surface area contributed by atoms with Crippen molar-refractivity contribution in [1.29, 1.82) is 0 Å². The van der Waals surface area contributed by atoms with Gasteiger partial charge in [-0.25, -0.2) is 0 Å². The summed E-state index contributed by atoms with van der Waals surface area (Å²) in [5.74, 6) is 0.911. The third kappa shape index (κ3) is 1.56. The largest absolute Gasteiger partial charge is 0.352 e. The summed E-state index contributed by atoms with van der Waals surface area (Å²) in [6.45, 7) is 12.9. The lowest BCUT2D eigenvalue weighted by atomic mass is 9.88. The Balaban J connectivity index is 1.89.